The van der Waals surface area contributed by atoms with Crippen LogP contribution in [0, 0.1) is 0 Å². The lowest BCUT2D eigenvalue weighted by molar-refractivity contribution is -0.109. The molecule has 1 aliphatic carbocycles. The molecule has 0 aliphatic heterocycles. The van der Waals surface area contributed by atoms with Crippen LogP contribution in [-0.4, -0.2) is 19.0 Å². The molecule has 1 saturated carbocycles. The van der Waals surface area contributed by atoms with Crippen LogP contribution in [0.4, 0.5) is 0 Å². The highest BCUT2D eigenvalue weighted by molar-refractivity contribution is 5.61. The Morgan fingerprint density at radius 1 is 0.917 bits per heavy atom. The molecular formula is C22H34O2. The maximum atomic E-state index is 11.3. The van der Waals surface area contributed by atoms with Gasteiger partial charge in [0.2, 0.25) is 0 Å². The number of ether oxygens (including phenoxy) is 1. The Bertz CT molecular complexity index is 423. The van der Waals surface area contributed by atoms with Crippen molar-refractivity contribution in [2.75, 3.05) is 6.61 Å². The van der Waals surface area contributed by atoms with Gasteiger partial charge in [-0.3, -0.25) is 0 Å². The Labute approximate surface area is 148 Å². The fraction of sp³-hybridized carbons (Fsp3) is 0.682. The Balaban J connectivity index is 1.43. The third kappa shape index (κ3) is 7.61. The second kappa shape index (κ2) is 12.2. The third-order valence-electron chi connectivity index (χ3n) is 5.21. The molecule has 2 rings (SSSR count). The van der Waals surface area contributed by atoms with Crippen molar-refractivity contribution in [3.8, 4) is 0 Å². The van der Waals surface area contributed by atoms with Crippen molar-refractivity contribution >= 4 is 6.29 Å². The van der Waals surface area contributed by atoms with E-state index in [1.54, 1.807) is 0 Å². The number of carbonyl (C=O) groups excluding carboxylic acids is 1. The Hall–Kier alpha value is -1.15. The van der Waals surface area contributed by atoms with Gasteiger partial charge in [-0.15, -0.1) is 0 Å². The quantitative estimate of drug-likeness (QED) is 0.344. The Kier molecular flexibility index (Phi) is 9.79. The molecule has 0 N–H and O–H groups in total. The number of aldehydes is 1. The number of benzene rings is 1. The molecule has 1 atom stereocenters. The van der Waals surface area contributed by atoms with Crippen LogP contribution in [0.5, 0.6) is 0 Å². The zero-order valence-corrected chi connectivity index (χ0v) is 15.1. The third-order valence-corrected chi connectivity index (χ3v) is 5.21. The summed E-state index contributed by atoms with van der Waals surface area (Å²) in [5.74, 6) is 0.0788. The van der Waals surface area contributed by atoms with Gasteiger partial charge >= 0.3 is 0 Å². The Morgan fingerprint density at radius 3 is 2.29 bits per heavy atom. The summed E-state index contributed by atoms with van der Waals surface area (Å²) in [4.78, 5) is 11.3. The van der Waals surface area contributed by atoms with Crippen LogP contribution in [0.3, 0.4) is 0 Å². The summed E-state index contributed by atoms with van der Waals surface area (Å²) in [6.45, 7) is 0.950. The van der Waals surface area contributed by atoms with Gasteiger partial charge < -0.3 is 9.53 Å². The van der Waals surface area contributed by atoms with Crippen LogP contribution in [0.2, 0.25) is 0 Å². The van der Waals surface area contributed by atoms with Crippen molar-refractivity contribution in [1.82, 2.24) is 0 Å². The molecule has 0 saturated heterocycles. The van der Waals surface area contributed by atoms with Gasteiger partial charge in [0.05, 0.1) is 6.10 Å². The lowest BCUT2D eigenvalue weighted by Crippen LogP contribution is -2.17. The van der Waals surface area contributed by atoms with Crippen molar-refractivity contribution in [2.45, 2.75) is 89.1 Å². The maximum Gasteiger partial charge on any atom is 0.127 e. The van der Waals surface area contributed by atoms with E-state index in [0.29, 0.717) is 6.10 Å². The van der Waals surface area contributed by atoms with Crippen molar-refractivity contribution in [2.24, 2.45) is 0 Å². The second-order valence-electron chi connectivity index (χ2n) is 7.19. The first-order valence-corrected chi connectivity index (χ1v) is 10.0. The van der Waals surface area contributed by atoms with E-state index >= 15 is 0 Å². The molecule has 0 amide bonds. The van der Waals surface area contributed by atoms with Gasteiger partial charge in [-0.1, -0.05) is 81.7 Å². The van der Waals surface area contributed by atoms with Crippen molar-refractivity contribution in [1.29, 1.82) is 0 Å². The molecular weight excluding hydrogens is 296 g/mol. The largest absolute Gasteiger partial charge is 0.378 e. The molecule has 1 aromatic carbocycles. The SMILES string of the molecule is O=CC(CCCCCCCCOC1CCCCC1)c1ccccc1. The molecule has 0 radical (unpaired) electrons. The number of carbonyl (C=O) groups is 1. The average Bonchev–Trinajstić information content (AvgIpc) is 2.65. The van der Waals surface area contributed by atoms with Gasteiger partial charge in [-0.2, -0.15) is 0 Å². The zero-order valence-electron chi connectivity index (χ0n) is 15.1. The maximum absolute atomic E-state index is 11.3. The number of unbranched alkanes of at least 4 members (excludes halogenated alkanes) is 5. The lowest BCUT2D eigenvalue weighted by atomic mass is 9.94. The van der Waals surface area contributed by atoms with Crippen LogP contribution < -0.4 is 0 Å². The number of hydrogen-bond acceptors (Lipinski definition) is 2. The van der Waals surface area contributed by atoms with E-state index in [-0.39, 0.29) is 5.92 Å². The standard InChI is InChI=1S/C22H34O2/c23-19-21(20-13-8-5-9-14-20)15-7-3-1-2-4-12-18-24-22-16-10-6-11-17-22/h5,8-9,13-14,19,21-22H,1-4,6-7,10-12,15-18H2. The topological polar surface area (TPSA) is 26.3 Å². The number of hydrogen-bond donors (Lipinski definition) is 0. The van der Waals surface area contributed by atoms with E-state index in [1.807, 2.05) is 18.2 Å². The summed E-state index contributed by atoms with van der Waals surface area (Å²) in [5, 5.41) is 0. The van der Waals surface area contributed by atoms with E-state index in [2.05, 4.69) is 12.1 Å². The molecule has 1 aromatic rings. The minimum atomic E-state index is 0.0788. The predicted molar refractivity (Wildman–Crippen MR) is 100 cm³/mol. The van der Waals surface area contributed by atoms with Crippen LogP contribution in [0.15, 0.2) is 30.3 Å². The molecule has 2 nitrogen and oxygen atoms in total. The fourth-order valence-corrected chi connectivity index (χ4v) is 3.67. The highest BCUT2D eigenvalue weighted by atomic mass is 16.5. The Morgan fingerprint density at radius 2 is 1.58 bits per heavy atom. The first-order valence-electron chi connectivity index (χ1n) is 10.0. The minimum absolute atomic E-state index is 0.0788. The fourth-order valence-electron chi connectivity index (χ4n) is 3.67. The van der Waals surface area contributed by atoms with Crippen molar-refractivity contribution < 1.29 is 9.53 Å². The predicted octanol–water partition coefficient (Wildman–Crippen LogP) is 6.05. The molecule has 1 unspecified atom stereocenters. The molecule has 2 heteroatoms. The molecule has 1 fully saturated rings. The van der Waals surface area contributed by atoms with E-state index in [1.165, 1.54) is 64.2 Å². The van der Waals surface area contributed by atoms with Gasteiger partial charge in [0.1, 0.15) is 6.29 Å². The minimum Gasteiger partial charge on any atom is -0.378 e. The molecule has 0 heterocycles. The van der Waals surface area contributed by atoms with Crippen LogP contribution in [0.25, 0.3) is 0 Å². The summed E-state index contributed by atoms with van der Waals surface area (Å²) in [7, 11) is 0. The summed E-state index contributed by atoms with van der Waals surface area (Å²) in [5.41, 5.74) is 1.16. The van der Waals surface area contributed by atoms with E-state index in [0.717, 1.165) is 31.3 Å². The highest BCUT2D eigenvalue weighted by Crippen LogP contribution is 2.22. The van der Waals surface area contributed by atoms with Crippen molar-refractivity contribution in [3.63, 3.8) is 0 Å². The van der Waals surface area contributed by atoms with Gasteiger partial charge in [0.25, 0.3) is 0 Å². The summed E-state index contributed by atoms with van der Waals surface area (Å²) >= 11 is 0. The molecule has 0 aromatic heterocycles. The average molecular weight is 331 g/mol. The zero-order chi connectivity index (χ0) is 16.9. The van der Waals surface area contributed by atoms with Gasteiger partial charge in [0.15, 0.2) is 0 Å². The van der Waals surface area contributed by atoms with Crippen LogP contribution >= 0.6 is 0 Å². The molecule has 1 aliphatic rings. The monoisotopic (exact) mass is 330 g/mol. The highest BCUT2D eigenvalue weighted by Gasteiger charge is 2.13. The first-order chi connectivity index (χ1) is 11.9. The van der Waals surface area contributed by atoms with Crippen LogP contribution in [0.1, 0.15) is 88.5 Å². The van der Waals surface area contributed by atoms with E-state index in [4.69, 9.17) is 4.74 Å². The lowest BCUT2D eigenvalue weighted by Gasteiger charge is -2.21. The summed E-state index contributed by atoms with van der Waals surface area (Å²) in [6.07, 6.45) is 16.8. The summed E-state index contributed by atoms with van der Waals surface area (Å²) in [6, 6.07) is 10.2. The molecule has 24 heavy (non-hydrogen) atoms. The first kappa shape index (κ1) is 19.2. The molecule has 0 bridgehead atoms. The van der Waals surface area contributed by atoms with E-state index in [9.17, 15) is 4.79 Å². The molecule has 134 valence electrons. The van der Waals surface area contributed by atoms with Gasteiger partial charge in [-0.05, 0) is 31.2 Å². The number of rotatable bonds is 12. The van der Waals surface area contributed by atoms with Gasteiger partial charge in [-0.25, -0.2) is 0 Å². The van der Waals surface area contributed by atoms with Crippen molar-refractivity contribution in [3.05, 3.63) is 35.9 Å². The normalized spacial score (nSPS) is 16.8. The molecule has 0 spiro atoms. The van der Waals surface area contributed by atoms with Gasteiger partial charge in [0, 0.05) is 12.5 Å². The van der Waals surface area contributed by atoms with Crippen LogP contribution in [-0.2, 0) is 9.53 Å². The smallest absolute Gasteiger partial charge is 0.127 e. The van der Waals surface area contributed by atoms with E-state index < -0.39 is 0 Å². The second-order valence-corrected chi connectivity index (χ2v) is 7.19. The summed E-state index contributed by atoms with van der Waals surface area (Å²) < 4.78 is 5.97.